The van der Waals surface area contributed by atoms with E-state index in [0.717, 1.165) is 11.1 Å². The van der Waals surface area contributed by atoms with E-state index >= 15 is 0 Å². The SMILES string of the molecule is Cc1ccc(C(Cn2ccnc2)C(=O)O)cc1. The van der Waals surface area contributed by atoms with Gasteiger partial charge in [0.2, 0.25) is 0 Å². The third-order valence-electron chi connectivity index (χ3n) is 2.73. The van der Waals surface area contributed by atoms with Gasteiger partial charge < -0.3 is 9.67 Å². The average molecular weight is 230 g/mol. The Morgan fingerprint density at radius 1 is 1.41 bits per heavy atom. The number of carbonyl (C=O) groups is 1. The van der Waals surface area contributed by atoms with Crippen LogP contribution in [0, 0.1) is 6.92 Å². The third kappa shape index (κ3) is 2.72. The van der Waals surface area contributed by atoms with Crippen LogP contribution in [0.4, 0.5) is 0 Å². The van der Waals surface area contributed by atoms with Crippen LogP contribution in [0.5, 0.6) is 0 Å². The summed E-state index contributed by atoms with van der Waals surface area (Å²) in [6.45, 7) is 2.38. The zero-order valence-corrected chi connectivity index (χ0v) is 9.58. The molecule has 1 heterocycles. The lowest BCUT2D eigenvalue weighted by molar-refractivity contribution is -0.139. The first-order valence-electron chi connectivity index (χ1n) is 5.42. The number of rotatable bonds is 4. The van der Waals surface area contributed by atoms with Crippen LogP contribution in [0.3, 0.4) is 0 Å². The molecule has 1 aromatic heterocycles. The number of carboxylic acid groups (broad SMARTS) is 1. The lowest BCUT2D eigenvalue weighted by Crippen LogP contribution is -2.17. The first-order valence-corrected chi connectivity index (χ1v) is 5.42. The zero-order valence-electron chi connectivity index (χ0n) is 9.58. The van der Waals surface area contributed by atoms with Crippen molar-refractivity contribution in [1.82, 2.24) is 9.55 Å². The fraction of sp³-hybridized carbons (Fsp3) is 0.231. The van der Waals surface area contributed by atoms with E-state index < -0.39 is 11.9 Å². The Morgan fingerprint density at radius 2 is 2.12 bits per heavy atom. The van der Waals surface area contributed by atoms with Gasteiger partial charge in [-0.1, -0.05) is 29.8 Å². The van der Waals surface area contributed by atoms with E-state index in [4.69, 9.17) is 0 Å². The van der Waals surface area contributed by atoms with Gasteiger partial charge in [0.05, 0.1) is 12.2 Å². The Kier molecular flexibility index (Phi) is 3.23. The minimum atomic E-state index is -0.817. The van der Waals surface area contributed by atoms with Crippen LogP contribution in [0.25, 0.3) is 0 Å². The summed E-state index contributed by atoms with van der Waals surface area (Å²) in [6.07, 6.45) is 5.04. The fourth-order valence-corrected chi connectivity index (χ4v) is 1.73. The molecule has 4 heteroatoms. The molecule has 2 aromatic rings. The number of aryl methyl sites for hydroxylation is 1. The van der Waals surface area contributed by atoms with Crippen molar-refractivity contribution < 1.29 is 9.90 Å². The minimum absolute atomic E-state index is 0.401. The van der Waals surface area contributed by atoms with Gasteiger partial charge in [-0.05, 0) is 12.5 Å². The predicted molar refractivity (Wildman–Crippen MR) is 63.8 cm³/mol. The lowest BCUT2D eigenvalue weighted by Gasteiger charge is -2.13. The maximum absolute atomic E-state index is 11.3. The summed E-state index contributed by atoms with van der Waals surface area (Å²) in [7, 11) is 0. The highest BCUT2D eigenvalue weighted by Crippen LogP contribution is 2.19. The molecule has 17 heavy (non-hydrogen) atoms. The van der Waals surface area contributed by atoms with Gasteiger partial charge in [-0.25, -0.2) is 4.98 Å². The summed E-state index contributed by atoms with van der Waals surface area (Å²) in [4.78, 5) is 15.2. The normalized spacial score (nSPS) is 12.3. The van der Waals surface area contributed by atoms with E-state index in [2.05, 4.69) is 4.98 Å². The zero-order chi connectivity index (χ0) is 12.3. The number of benzene rings is 1. The molecule has 0 bridgehead atoms. The van der Waals surface area contributed by atoms with Crippen molar-refractivity contribution in [2.24, 2.45) is 0 Å². The predicted octanol–water partition coefficient (Wildman–Crippen LogP) is 2.06. The summed E-state index contributed by atoms with van der Waals surface area (Å²) in [5.74, 6) is -1.35. The summed E-state index contributed by atoms with van der Waals surface area (Å²) < 4.78 is 1.78. The van der Waals surface area contributed by atoms with E-state index in [-0.39, 0.29) is 0 Å². The maximum Gasteiger partial charge on any atom is 0.312 e. The van der Waals surface area contributed by atoms with E-state index in [1.54, 1.807) is 23.3 Å². The molecule has 0 aliphatic carbocycles. The third-order valence-corrected chi connectivity index (χ3v) is 2.73. The number of aromatic nitrogens is 2. The van der Waals surface area contributed by atoms with Crippen molar-refractivity contribution in [2.45, 2.75) is 19.4 Å². The number of hydrogen-bond donors (Lipinski definition) is 1. The Labute approximate surface area is 99.5 Å². The smallest absolute Gasteiger partial charge is 0.312 e. The van der Waals surface area contributed by atoms with Gasteiger partial charge in [-0.3, -0.25) is 4.79 Å². The topological polar surface area (TPSA) is 55.1 Å². The van der Waals surface area contributed by atoms with Crippen LogP contribution in [0.15, 0.2) is 43.0 Å². The lowest BCUT2D eigenvalue weighted by atomic mass is 9.98. The van der Waals surface area contributed by atoms with Crippen molar-refractivity contribution >= 4 is 5.97 Å². The van der Waals surface area contributed by atoms with E-state index in [0.29, 0.717) is 6.54 Å². The molecule has 0 fully saturated rings. The van der Waals surface area contributed by atoms with Crippen LogP contribution in [-0.4, -0.2) is 20.6 Å². The van der Waals surface area contributed by atoms with Gasteiger partial charge in [-0.15, -0.1) is 0 Å². The molecule has 1 N–H and O–H groups in total. The molecule has 4 nitrogen and oxygen atoms in total. The first kappa shape index (κ1) is 11.4. The van der Waals surface area contributed by atoms with Crippen LogP contribution in [-0.2, 0) is 11.3 Å². The Hall–Kier alpha value is -2.10. The van der Waals surface area contributed by atoms with Crippen molar-refractivity contribution in [3.05, 3.63) is 54.1 Å². The molecule has 0 amide bonds. The highest BCUT2D eigenvalue weighted by atomic mass is 16.4. The molecule has 88 valence electrons. The van der Waals surface area contributed by atoms with E-state index in [9.17, 15) is 9.90 Å². The van der Waals surface area contributed by atoms with Crippen molar-refractivity contribution in [1.29, 1.82) is 0 Å². The highest BCUT2D eigenvalue weighted by Gasteiger charge is 2.19. The quantitative estimate of drug-likeness (QED) is 0.874. The van der Waals surface area contributed by atoms with Gasteiger partial charge in [0, 0.05) is 18.9 Å². The molecule has 1 unspecified atom stereocenters. The van der Waals surface area contributed by atoms with Gasteiger partial charge in [0.25, 0.3) is 0 Å². The molecule has 0 radical (unpaired) electrons. The van der Waals surface area contributed by atoms with E-state index in [1.165, 1.54) is 0 Å². The Balaban J connectivity index is 2.23. The second-order valence-corrected chi connectivity index (χ2v) is 4.06. The molecular formula is C13H14N2O2. The van der Waals surface area contributed by atoms with Gasteiger partial charge in [-0.2, -0.15) is 0 Å². The van der Waals surface area contributed by atoms with Crippen LogP contribution >= 0.6 is 0 Å². The van der Waals surface area contributed by atoms with Gasteiger partial charge >= 0.3 is 5.97 Å². The van der Waals surface area contributed by atoms with Crippen LogP contribution < -0.4 is 0 Å². The Bertz CT molecular complexity index is 489. The van der Waals surface area contributed by atoms with Crippen LogP contribution in [0.1, 0.15) is 17.0 Å². The number of nitrogens with zero attached hydrogens (tertiary/aromatic N) is 2. The second-order valence-electron chi connectivity index (χ2n) is 4.06. The minimum Gasteiger partial charge on any atom is -0.481 e. The van der Waals surface area contributed by atoms with Crippen molar-refractivity contribution in [2.75, 3.05) is 0 Å². The number of imidazole rings is 1. The highest BCUT2D eigenvalue weighted by molar-refractivity contribution is 5.76. The molecule has 0 saturated carbocycles. The van der Waals surface area contributed by atoms with E-state index in [1.807, 2.05) is 31.2 Å². The summed E-state index contributed by atoms with van der Waals surface area (Å²) >= 11 is 0. The van der Waals surface area contributed by atoms with Gasteiger partial charge in [0.1, 0.15) is 0 Å². The first-order chi connectivity index (χ1) is 8.16. The monoisotopic (exact) mass is 230 g/mol. The van der Waals surface area contributed by atoms with Crippen molar-refractivity contribution in [3.63, 3.8) is 0 Å². The summed E-state index contributed by atoms with van der Waals surface area (Å²) in [5.41, 5.74) is 1.94. The Morgan fingerprint density at radius 3 is 2.65 bits per heavy atom. The largest absolute Gasteiger partial charge is 0.481 e. The van der Waals surface area contributed by atoms with Crippen molar-refractivity contribution in [3.8, 4) is 0 Å². The molecule has 2 rings (SSSR count). The molecule has 0 aliphatic heterocycles. The molecule has 0 aliphatic rings. The summed E-state index contributed by atoms with van der Waals surface area (Å²) in [5, 5.41) is 9.26. The average Bonchev–Trinajstić information content (AvgIpc) is 2.80. The fourth-order valence-electron chi connectivity index (χ4n) is 1.73. The molecular weight excluding hydrogens is 216 g/mol. The molecule has 1 aromatic carbocycles. The molecule has 1 atom stereocenters. The standard InChI is InChI=1S/C13H14N2O2/c1-10-2-4-11(5-3-10)12(13(16)17)8-15-7-6-14-9-15/h2-7,9,12H,8H2,1H3,(H,16,17). The molecule has 0 saturated heterocycles. The number of aliphatic carboxylic acids is 1. The number of carboxylic acids is 1. The summed E-state index contributed by atoms with van der Waals surface area (Å²) in [6, 6.07) is 7.59. The van der Waals surface area contributed by atoms with Gasteiger partial charge in [0.15, 0.2) is 0 Å². The molecule has 0 spiro atoms. The second kappa shape index (κ2) is 4.82. The van der Waals surface area contributed by atoms with Crippen LogP contribution in [0.2, 0.25) is 0 Å². The maximum atomic E-state index is 11.3. The number of hydrogen-bond acceptors (Lipinski definition) is 2.